The molecule has 0 aliphatic heterocycles. The molecule has 3 aromatic rings. The van der Waals surface area contributed by atoms with Crippen LogP contribution in [0.3, 0.4) is 0 Å². The van der Waals surface area contributed by atoms with Crippen LogP contribution in [0.5, 0.6) is 5.75 Å². The molecule has 118 valence electrons. The van der Waals surface area contributed by atoms with E-state index in [1.54, 1.807) is 0 Å². The first-order chi connectivity index (χ1) is 11.2. The lowest BCUT2D eigenvalue weighted by Crippen LogP contribution is -2.25. The number of ether oxygens (including phenoxy) is 1. The van der Waals surface area contributed by atoms with Gasteiger partial charge in [0.25, 0.3) is 0 Å². The van der Waals surface area contributed by atoms with Crippen LogP contribution < -0.4 is 10.5 Å². The standard InChI is InChI=1S/C19H20N2O2/c1-2-16(19(20)22)21-12-11-15-17(21)9-6-10-18(15)23-13-14-7-4-3-5-8-14/h3-12,16H,2,13H2,1H3,(H2,20,22). The lowest BCUT2D eigenvalue weighted by Gasteiger charge is -2.15. The van der Waals surface area contributed by atoms with Gasteiger partial charge in [-0.3, -0.25) is 4.79 Å². The van der Waals surface area contributed by atoms with Crippen molar-refractivity contribution in [3.8, 4) is 5.75 Å². The molecule has 0 saturated carbocycles. The van der Waals surface area contributed by atoms with Gasteiger partial charge in [-0.2, -0.15) is 0 Å². The van der Waals surface area contributed by atoms with Crippen LogP contribution in [-0.4, -0.2) is 10.5 Å². The number of carbonyl (C=O) groups excluding carboxylic acids is 1. The number of hydrogen-bond acceptors (Lipinski definition) is 2. The second-order valence-electron chi connectivity index (χ2n) is 5.51. The number of carbonyl (C=O) groups is 1. The van der Waals surface area contributed by atoms with Crippen LogP contribution in [0.15, 0.2) is 60.8 Å². The van der Waals surface area contributed by atoms with Crippen molar-refractivity contribution in [1.82, 2.24) is 4.57 Å². The molecule has 2 aromatic carbocycles. The van der Waals surface area contributed by atoms with E-state index < -0.39 is 0 Å². The third-order valence-corrected chi connectivity index (χ3v) is 4.01. The van der Waals surface area contributed by atoms with Crippen molar-refractivity contribution in [2.75, 3.05) is 0 Å². The molecule has 0 spiro atoms. The second kappa shape index (κ2) is 6.57. The van der Waals surface area contributed by atoms with Crippen molar-refractivity contribution >= 4 is 16.8 Å². The molecule has 1 atom stereocenters. The van der Waals surface area contributed by atoms with Crippen LogP contribution in [0, 0.1) is 0 Å². The Morgan fingerprint density at radius 1 is 1.13 bits per heavy atom. The van der Waals surface area contributed by atoms with Crippen LogP contribution in [0.2, 0.25) is 0 Å². The first-order valence-electron chi connectivity index (χ1n) is 7.76. The van der Waals surface area contributed by atoms with E-state index >= 15 is 0 Å². The lowest BCUT2D eigenvalue weighted by atomic mass is 10.2. The Hall–Kier alpha value is -2.75. The molecule has 1 unspecified atom stereocenters. The van der Waals surface area contributed by atoms with Crippen molar-refractivity contribution in [2.24, 2.45) is 5.73 Å². The molecule has 0 radical (unpaired) electrons. The van der Waals surface area contributed by atoms with Gasteiger partial charge in [-0.05, 0) is 30.2 Å². The van der Waals surface area contributed by atoms with E-state index in [9.17, 15) is 4.79 Å². The third-order valence-electron chi connectivity index (χ3n) is 4.01. The molecule has 0 saturated heterocycles. The van der Waals surface area contributed by atoms with E-state index in [2.05, 4.69) is 0 Å². The van der Waals surface area contributed by atoms with Gasteiger partial charge >= 0.3 is 0 Å². The Morgan fingerprint density at radius 3 is 2.61 bits per heavy atom. The van der Waals surface area contributed by atoms with Crippen molar-refractivity contribution in [3.05, 3.63) is 66.4 Å². The highest BCUT2D eigenvalue weighted by Crippen LogP contribution is 2.30. The molecule has 2 N–H and O–H groups in total. The van der Waals surface area contributed by atoms with Gasteiger partial charge in [-0.25, -0.2) is 0 Å². The van der Waals surface area contributed by atoms with Gasteiger partial charge in [0.1, 0.15) is 18.4 Å². The summed E-state index contributed by atoms with van der Waals surface area (Å²) in [7, 11) is 0. The number of aromatic nitrogens is 1. The predicted molar refractivity (Wildman–Crippen MR) is 91.2 cm³/mol. The smallest absolute Gasteiger partial charge is 0.240 e. The highest BCUT2D eigenvalue weighted by Gasteiger charge is 2.17. The summed E-state index contributed by atoms with van der Waals surface area (Å²) in [5.74, 6) is 0.491. The minimum atomic E-state index is -0.336. The van der Waals surface area contributed by atoms with Crippen LogP contribution in [0.1, 0.15) is 24.9 Å². The SMILES string of the molecule is CCC(C(N)=O)n1ccc2c(OCc3ccccc3)cccc21. The largest absolute Gasteiger partial charge is 0.488 e. The fourth-order valence-electron chi connectivity index (χ4n) is 2.83. The third kappa shape index (κ3) is 3.06. The topological polar surface area (TPSA) is 57.2 Å². The fraction of sp³-hybridized carbons (Fsp3) is 0.211. The van der Waals surface area contributed by atoms with E-state index in [0.29, 0.717) is 13.0 Å². The van der Waals surface area contributed by atoms with Crippen LogP contribution >= 0.6 is 0 Å². The zero-order valence-electron chi connectivity index (χ0n) is 13.1. The maximum Gasteiger partial charge on any atom is 0.240 e. The summed E-state index contributed by atoms with van der Waals surface area (Å²) in [6.07, 6.45) is 2.56. The van der Waals surface area contributed by atoms with Gasteiger partial charge in [-0.15, -0.1) is 0 Å². The van der Waals surface area contributed by atoms with Crippen LogP contribution in [-0.2, 0) is 11.4 Å². The Balaban J connectivity index is 1.91. The first kappa shape index (κ1) is 15.2. The predicted octanol–water partition coefficient (Wildman–Crippen LogP) is 3.66. The molecule has 0 aliphatic rings. The summed E-state index contributed by atoms with van der Waals surface area (Å²) in [5, 5.41) is 0.989. The molecule has 1 amide bonds. The molecule has 4 heteroatoms. The molecule has 4 nitrogen and oxygen atoms in total. The van der Waals surface area contributed by atoms with Crippen molar-refractivity contribution in [2.45, 2.75) is 26.0 Å². The number of amides is 1. The average molecular weight is 308 g/mol. The highest BCUT2D eigenvalue weighted by molar-refractivity contribution is 5.89. The van der Waals surface area contributed by atoms with Gasteiger partial charge in [0.15, 0.2) is 0 Å². The first-order valence-corrected chi connectivity index (χ1v) is 7.76. The van der Waals surface area contributed by atoms with E-state index in [-0.39, 0.29) is 11.9 Å². The van der Waals surface area contributed by atoms with Gasteiger partial charge in [0.2, 0.25) is 5.91 Å². The Morgan fingerprint density at radius 2 is 1.91 bits per heavy atom. The van der Waals surface area contributed by atoms with E-state index in [4.69, 9.17) is 10.5 Å². The normalized spacial score (nSPS) is 12.2. The Labute approximate surface area is 135 Å². The van der Waals surface area contributed by atoms with Gasteiger partial charge < -0.3 is 15.0 Å². The molecule has 0 bridgehead atoms. The lowest BCUT2D eigenvalue weighted by molar-refractivity contribution is -0.121. The molecular weight excluding hydrogens is 288 g/mol. The number of benzene rings is 2. The maximum absolute atomic E-state index is 11.6. The molecule has 0 aliphatic carbocycles. The van der Waals surface area contributed by atoms with Crippen molar-refractivity contribution in [3.63, 3.8) is 0 Å². The number of rotatable bonds is 6. The minimum absolute atomic E-state index is 0.319. The molecule has 1 aromatic heterocycles. The van der Waals surface area contributed by atoms with Crippen LogP contribution in [0.4, 0.5) is 0 Å². The number of nitrogens with two attached hydrogens (primary N) is 1. The number of hydrogen-bond donors (Lipinski definition) is 1. The molecule has 0 fully saturated rings. The fourth-order valence-corrected chi connectivity index (χ4v) is 2.83. The minimum Gasteiger partial charge on any atom is -0.488 e. The van der Waals surface area contributed by atoms with Crippen molar-refractivity contribution in [1.29, 1.82) is 0 Å². The number of nitrogens with zero attached hydrogens (tertiary/aromatic N) is 1. The maximum atomic E-state index is 11.6. The monoisotopic (exact) mass is 308 g/mol. The Bertz CT molecular complexity index is 809. The van der Waals surface area contributed by atoms with Gasteiger partial charge in [0, 0.05) is 11.6 Å². The number of primary amides is 1. The summed E-state index contributed by atoms with van der Waals surface area (Å²) in [6, 6.07) is 17.5. The van der Waals surface area contributed by atoms with Gasteiger partial charge in [-0.1, -0.05) is 43.3 Å². The summed E-state index contributed by atoms with van der Waals surface area (Å²) >= 11 is 0. The van der Waals surface area contributed by atoms with E-state index in [1.807, 2.05) is 72.3 Å². The van der Waals surface area contributed by atoms with E-state index in [1.165, 1.54) is 0 Å². The molecular formula is C19H20N2O2. The summed E-state index contributed by atoms with van der Waals surface area (Å²) in [6.45, 7) is 2.47. The summed E-state index contributed by atoms with van der Waals surface area (Å²) in [4.78, 5) is 11.6. The molecule has 23 heavy (non-hydrogen) atoms. The summed E-state index contributed by atoms with van der Waals surface area (Å²) < 4.78 is 7.89. The van der Waals surface area contributed by atoms with E-state index in [0.717, 1.165) is 22.2 Å². The quantitative estimate of drug-likeness (QED) is 0.755. The number of fused-ring (bicyclic) bond motifs is 1. The average Bonchev–Trinajstić information content (AvgIpc) is 2.99. The van der Waals surface area contributed by atoms with Crippen molar-refractivity contribution < 1.29 is 9.53 Å². The zero-order valence-corrected chi connectivity index (χ0v) is 13.1. The second-order valence-corrected chi connectivity index (χ2v) is 5.51. The van der Waals surface area contributed by atoms with Gasteiger partial charge in [0.05, 0.1) is 5.52 Å². The molecule has 3 rings (SSSR count). The zero-order chi connectivity index (χ0) is 16.2. The summed E-state index contributed by atoms with van der Waals surface area (Å²) in [5.41, 5.74) is 7.59. The highest BCUT2D eigenvalue weighted by atomic mass is 16.5. The Kier molecular flexibility index (Phi) is 4.33. The molecule has 1 heterocycles. The van der Waals surface area contributed by atoms with Crippen LogP contribution in [0.25, 0.3) is 10.9 Å².